The van der Waals surface area contributed by atoms with Crippen molar-refractivity contribution in [2.45, 2.75) is 35.8 Å². The van der Waals surface area contributed by atoms with E-state index in [0.29, 0.717) is 10.1 Å². The Bertz CT molecular complexity index is 563. The van der Waals surface area contributed by atoms with Gasteiger partial charge in [0.05, 0.1) is 16.5 Å². The Morgan fingerprint density at radius 2 is 1.82 bits per heavy atom. The normalized spacial score (nSPS) is 20.4. The fourth-order valence-corrected chi connectivity index (χ4v) is 5.75. The molecular weight excluding hydrogens is 318 g/mol. The van der Waals surface area contributed by atoms with Crippen LogP contribution in [0.1, 0.15) is 46.2 Å². The third-order valence-corrected chi connectivity index (χ3v) is 7.35. The molecule has 1 aliphatic carbocycles. The lowest BCUT2D eigenvalue weighted by Gasteiger charge is -2.41. The summed E-state index contributed by atoms with van der Waals surface area (Å²) < 4.78 is 0.474. The van der Waals surface area contributed by atoms with Crippen LogP contribution in [0.5, 0.6) is 0 Å². The van der Waals surface area contributed by atoms with Gasteiger partial charge in [-0.2, -0.15) is 0 Å². The molecule has 3 rings (SSSR count). The number of benzene rings is 1. The summed E-state index contributed by atoms with van der Waals surface area (Å²) in [6.45, 7) is 0. The van der Waals surface area contributed by atoms with Gasteiger partial charge in [-0.15, -0.1) is 23.5 Å². The summed E-state index contributed by atoms with van der Waals surface area (Å²) in [5, 5.41) is 11.9. The second-order valence-electron chi connectivity index (χ2n) is 5.85. The Balaban J connectivity index is 1.65. The van der Waals surface area contributed by atoms with E-state index < -0.39 is 11.5 Å². The zero-order valence-electron chi connectivity index (χ0n) is 12.2. The van der Waals surface area contributed by atoms with Crippen molar-refractivity contribution < 1.29 is 14.7 Å². The van der Waals surface area contributed by atoms with Gasteiger partial charge in [0, 0.05) is 17.1 Å². The van der Waals surface area contributed by atoms with Gasteiger partial charge in [-0.1, -0.05) is 12.1 Å². The van der Waals surface area contributed by atoms with Crippen molar-refractivity contribution in [1.29, 1.82) is 0 Å². The lowest BCUT2D eigenvalue weighted by molar-refractivity contribution is -0.139. The molecule has 4 nitrogen and oxygen atoms in total. The topological polar surface area (TPSA) is 66.4 Å². The van der Waals surface area contributed by atoms with Crippen LogP contribution in [0.4, 0.5) is 0 Å². The second kappa shape index (κ2) is 6.54. The molecule has 6 heteroatoms. The molecule has 2 aliphatic rings. The maximum Gasteiger partial charge on any atom is 0.305 e. The Hall–Kier alpha value is -1.14. The van der Waals surface area contributed by atoms with Gasteiger partial charge in [-0.25, -0.2) is 0 Å². The average molecular weight is 337 g/mol. The van der Waals surface area contributed by atoms with E-state index in [1.165, 1.54) is 17.1 Å². The highest BCUT2D eigenvalue weighted by molar-refractivity contribution is 8.19. The van der Waals surface area contributed by atoms with Gasteiger partial charge in [-0.05, 0) is 37.0 Å². The van der Waals surface area contributed by atoms with Crippen LogP contribution in [0, 0.1) is 0 Å². The number of thioether (sulfide) groups is 2. The molecule has 0 spiro atoms. The first-order chi connectivity index (χ1) is 10.6. The van der Waals surface area contributed by atoms with Crippen LogP contribution in [0.25, 0.3) is 0 Å². The number of carboxylic acids is 1. The summed E-state index contributed by atoms with van der Waals surface area (Å²) in [5.41, 5.74) is 1.31. The predicted octanol–water partition coefficient (Wildman–Crippen LogP) is 3.29. The number of aliphatic carboxylic acids is 1. The zero-order valence-corrected chi connectivity index (χ0v) is 13.8. The first-order valence-electron chi connectivity index (χ1n) is 7.45. The quantitative estimate of drug-likeness (QED) is 0.863. The van der Waals surface area contributed by atoms with Crippen LogP contribution < -0.4 is 5.32 Å². The van der Waals surface area contributed by atoms with Crippen LogP contribution in [0.15, 0.2) is 24.3 Å². The zero-order chi connectivity index (χ0) is 15.6. The number of amides is 1. The molecule has 1 aromatic rings. The Labute approximate surface area is 138 Å². The van der Waals surface area contributed by atoms with Crippen molar-refractivity contribution in [2.24, 2.45) is 0 Å². The number of nitrogens with one attached hydrogen (secondary N) is 1. The molecule has 1 aliphatic heterocycles. The Kier molecular flexibility index (Phi) is 4.68. The molecule has 1 heterocycles. The average Bonchev–Trinajstić information content (AvgIpc) is 2.98. The summed E-state index contributed by atoms with van der Waals surface area (Å²) in [5.74, 6) is 1.33. The van der Waals surface area contributed by atoms with E-state index in [1.807, 2.05) is 47.8 Å². The van der Waals surface area contributed by atoms with Gasteiger partial charge in [0.1, 0.15) is 0 Å². The fourth-order valence-electron chi connectivity index (χ4n) is 2.89. The molecule has 0 atom stereocenters. The SMILES string of the molecule is O=C(O)CC1(NC(=O)c2ccc(C3SCCS3)cc2)CCC1. The Morgan fingerprint density at radius 1 is 1.18 bits per heavy atom. The number of carboxylic acid groups (broad SMARTS) is 1. The van der Waals surface area contributed by atoms with Crippen LogP contribution >= 0.6 is 23.5 Å². The summed E-state index contributed by atoms with van der Waals surface area (Å²) in [4.78, 5) is 23.3. The van der Waals surface area contributed by atoms with Crippen LogP contribution in [0.3, 0.4) is 0 Å². The molecule has 0 aromatic heterocycles. The number of hydrogen-bond donors (Lipinski definition) is 2. The van der Waals surface area contributed by atoms with Crippen molar-refractivity contribution in [1.82, 2.24) is 5.32 Å². The van der Waals surface area contributed by atoms with E-state index in [4.69, 9.17) is 5.11 Å². The highest BCUT2D eigenvalue weighted by atomic mass is 32.2. The molecule has 2 N–H and O–H groups in total. The maximum atomic E-state index is 12.4. The summed E-state index contributed by atoms with van der Waals surface area (Å²) in [7, 11) is 0. The maximum absolute atomic E-state index is 12.4. The number of hydrogen-bond acceptors (Lipinski definition) is 4. The summed E-state index contributed by atoms with van der Waals surface area (Å²) in [6, 6.07) is 7.71. The third kappa shape index (κ3) is 3.43. The monoisotopic (exact) mass is 337 g/mol. The highest BCUT2D eigenvalue weighted by Crippen LogP contribution is 2.45. The van der Waals surface area contributed by atoms with Crippen LogP contribution in [0.2, 0.25) is 0 Å². The van der Waals surface area contributed by atoms with Gasteiger partial charge in [-0.3, -0.25) is 9.59 Å². The first kappa shape index (κ1) is 15.7. The van der Waals surface area contributed by atoms with E-state index in [0.717, 1.165) is 19.3 Å². The molecule has 0 bridgehead atoms. The predicted molar refractivity (Wildman–Crippen MR) is 90.4 cm³/mol. The molecule has 1 saturated carbocycles. The minimum absolute atomic E-state index is 0.00613. The fraction of sp³-hybridized carbons (Fsp3) is 0.500. The van der Waals surface area contributed by atoms with E-state index in [2.05, 4.69) is 5.32 Å². The van der Waals surface area contributed by atoms with Crippen molar-refractivity contribution in [2.75, 3.05) is 11.5 Å². The standard InChI is InChI=1S/C16H19NO3S2/c18-13(19)10-16(6-1-7-16)17-14(20)11-2-4-12(5-3-11)15-21-8-9-22-15/h2-5,15H,1,6-10H2,(H,17,20)(H,18,19). The molecule has 1 aromatic carbocycles. The number of carbonyl (C=O) groups excluding carboxylic acids is 1. The molecular formula is C16H19NO3S2. The molecule has 1 saturated heterocycles. The number of carbonyl (C=O) groups is 2. The Morgan fingerprint density at radius 3 is 2.32 bits per heavy atom. The lowest BCUT2D eigenvalue weighted by atomic mass is 9.74. The van der Waals surface area contributed by atoms with Gasteiger partial charge in [0.2, 0.25) is 0 Å². The van der Waals surface area contributed by atoms with Gasteiger partial charge in [0.25, 0.3) is 5.91 Å². The molecule has 0 radical (unpaired) electrons. The second-order valence-corrected chi connectivity index (χ2v) is 8.58. The minimum Gasteiger partial charge on any atom is -0.481 e. The smallest absolute Gasteiger partial charge is 0.305 e. The van der Waals surface area contributed by atoms with E-state index >= 15 is 0 Å². The van der Waals surface area contributed by atoms with E-state index in [1.54, 1.807) is 0 Å². The molecule has 2 fully saturated rings. The first-order valence-corrected chi connectivity index (χ1v) is 9.55. The third-order valence-electron chi connectivity index (χ3n) is 4.25. The van der Waals surface area contributed by atoms with Crippen molar-refractivity contribution >= 4 is 35.4 Å². The largest absolute Gasteiger partial charge is 0.481 e. The molecule has 118 valence electrons. The van der Waals surface area contributed by atoms with E-state index in [-0.39, 0.29) is 12.3 Å². The van der Waals surface area contributed by atoms with Crippen molar-refractivity contribution in [3.8, 4) is 0 Å². The van der Waals surface area contributed by atoms with Crippen molar-refractivity contribution in [3.63, 3.8) is 0 Å². The molecule has 22 heavy (non-hydrogen) atoms. The van der Waals surface area contributed by atoms with Crippen LogP contribution in [-0.2, 0) is 4.79 Å². The molecule has 1 amide bonds. The number of rotatable bonds is 5. The summed E-state index contributed by atoms with van der Waals surface area (Å²) >= 11 is 3.87. The van der Waals surface area contributed by atoms with E-state index in [9.17, 15) is 9.59 Å². The summed E-state index contributed by atoms with van der Waals surface area (Å²) in [6.07, 6.45) is 2.48. The minimum atomic E-state index is -0.856. The lowest BCUT2D eigenvalue weighted by Crippen LogP contribution is -2.54. The molecule has 0 unspecified atom stereocenters. The highest BCUT2D eigenvalue weighted by Gasteiger charge is 2.40. The van der Waals surface area contributed by atoms with Gasteiger partial charge >= 0.3 is 5.97 Å². The van der Waals surface area contributed by atoms with Crippen LogP contribution in [-0.4, -0.2) is 34.0 Å². The van der Waals surface area contributed by atoms with Crippen molar-refractivity contribution in [3.05, 3.63) is 35.4 Å². The van der Waals surface area contributed by atoms with Gasteiger partial charge < -0.3 is 10.4 Å². The van der Waals surface area contributed by atoms with Gasteiger partial charge in [0.15, 0.2) is 0 Å².